The molecule has 0 spiro atoms. The summed E-state index contributed by atoms with van der Waals surface area (Å²) in [6.07, 6.45) is 3.68. The van der Waals surface area contributed by atoms with Gasteiger partial charge >= 0.3 is 0 Å². The molecule has 2 aliphatic rings. The third-order valence-electron chi connectivity index (χ3n) is 10.7. The SMILES string of the molecule is c1ccc(P(c2ccccc2)c2ccc(COc3ccc(OCc4ccc(P(c5ccccc5)c5ccccc5)cc4)c4c3C3CCC4C3)cc2)cc1. The first kappa shape index (κ1) is 33.8. The number of ether oxygens (including phenoxy) is 2. The molecule has 53 heavy (non-hydrogen) atoms. The van der Waals surface area contributed by atoms with Gasteiger partial charge in [-0.3, -0.25) is 0 Å². The van der Waals surface area contributed by atoms with E-state index in [9.17, 15) is 0 Å². The first-order chi connectivity index (χ1) is 26.3. The number of hydrogen-bond acceptors (Lipinski definition) is 2. The lowest BCUT2D eigenvalue weighted by atomic mass is 9.90. The fourth-order valence-corrected chi connectivity index (χ4v) is 12.8. The normalized spacial score (nSPS) is 15.8. The highest BCUT2D eigenvalue weighted by Crippen LogP contribution is 2.58. The lowest BCUT2D eigenvalue weighted by Crippen LogP contribution is -2.20. The van der Waals surface area contributed by atoms with Crippen LogP contribution in [0.5, 0.6) is 11.5 Å². The van der Waals surface area contributed by atoms with Crippen molar-refractivity contribution in [3.63, 3.8) is 0 Å². The average molecular weight is 725 g/mol. The van der Waals surface area contributed by atoms with Crippen molar-refractivity contribution < 1.29 is 9.47 Å². The minimum atomic E-state index is -0.621. The molecule has 7 aromatic rings. The topological polar surface area (TPSA) is 18.5 Å². The van der Waals surface area contributed by atoms with Gasteiger partial charge in [-0.05, 0) is 102 Å². The van der Waals surface area contributed by atoms with E-state index in [1.54, 1.807) is 0 Å². The molecular weight excluding hydrogens is 682 g/mol. The Hall–Kier alpha value is -5.00. The summed E-state index contributed by atoms with van der Waals surface area (Å²) in [6.45, 7) is 1.11. The van der Waals surface area contributed by atoms with E-state index >= 15 is 0 Å². The zero-order chi connectivity index (χ0) is 35.4. The molecule has 2 atom stereocenters. The predicted octanol–water partition coefficient (Wildman–Crippen LogP) is 9.73. The Morgan fingerprint density at radius 1 is 0.358 bits per heavy atom. The molecule has 0 aromatic heterocycles. The van der Waals surface area contributed by atoms with Crippen molar-refractivity contribution in [3.8, 4) is 11.5 Å². The van der Waals surface area contributed by atoms with Gasteiger partial charge in [0, 0.05) is 11.1 Å². The van der Waals surface area contributed by atoms with Crippen molar-refractivity contribution in [1.82, 2.24) is 0 Å². The van der Waals surface area contributed by atoms with Crippen LogP contribution in [-0.4, -0.2) is 0 Å². The van der Waals surface area contributed by atoms with Gasteiger partial charge in [-0.2, -0.15) is 0 Å². The highest BCUT2D eigenvalue weighted by molar-refractivity contribution is 7.80. The van der Waals surface area contributed by atoms with E-state index in [2.05, 4.69) is 182 Å². The Morgan fingerprint density at radius 3 is 0.981 bits per heavy atom. The molecule has 0 heterocycles. The van der Waals surface area contributed by atoms with Crippen molar-refractivity contribution in [2.75, 3.05) is 0 Å². The monoisotopic (exact) mass is 724 g/mol. The maximum atomic E-state index is 6.63. The lowest BCUT2D eigenvalue weighted by Gasteiger charge is -2.23. The Kier molecular flexibility index (Phi) is 9.91. The van der Waals surface area contributed by atoms with E-state index in [1.807, 2.05) is 0 Å². The molecule has 4 heteroatoms. The molecule has 0 radical (unpaired) electrons. The molecule has 2 bridgehead atoms. The summed E-state index contributed by atoms with van der Waals surface area (Å²) in [5.74, 6) is 3.18. The minimum Gasteiger partial charge on any atom is -0.489 e. The van der Waals surface area contributed by atoms with Crippen molar-refractivity contribution in [2.24, 2.45) is 0 Å². The fraction of sp³-hybridized carbons (Fsp3) is 0.143. The van der Waals surface area contributed by atoms with Gasteiger partial charge < -0.3 is 9.47 Å². The van der Waals surface area contributed by atoms with E-state index in [-0.39, 0.29) is 0 Å². The van der Waals surface area contributed by atoms with Crippen molar-refractivity contribution >= 4 is 47.7 Å². The Labute approximate surface area is 316 Å². The van der Waals surface area contributed by atoms with Crippen LogP contribution in [0.3, 0.4) is 0 Å². The van der Waals surface area contributed by atoms with Crippen molar-refractivity contribution in [1.29, 1.82) is 0 Å². The second kappa shape index (κ2) is 15.5. The second-order valence-corrected chi connectivity index (χ2v) is 18.5. The first-order valence-electron chi connectivity index (χ1n) is 18.7. The molecule has 0 saturated heterocycles. The average Bonchev–Trinajstić information content (AvgIpc) is 3.86. The van der Waals surface area contributed by atoms with Crippen molar-refractivity contribution in [2.45, 2.75) is 44.3 Å². The standard InChI is InChI=1S/C49H42O2P2/c1-5-13-40(14-6-1)52(41-15-7-2-8-16-41)44-27-21-36(22-28-44)34-50-46-31-32-47(49-39-26-25-38(33-39)48(46)49)51-35-37-23-29-45(30-24-37)53(42-17-9-3-10-18-42)43-19-11-4-12-20-43/h1-24,27-32,38-39H,25-26,33-35H2. The molecule has 260 valence electrons. The molecule has 0 aliphatic heterocycles. The molecule has 0 amide bonds. The van der Waals surface area contributed by atoms with Crippen LogP contribution in [-0.2, 0) is 13.2 Å². The van der Waals surface area contributed by atoms with Crippen LogP contribution in [0.2, 0.25) is 0 Å². The summed E-state index contributed by atoms with van der Waals surface area (Å²) in [7, 11) is -1.24. The quantitative estimate of drug-likeness (QED) is 0.117. The zero-order valence-corrected chi connectivity index (χ0v) is 31.5. The van der Waals surface area contributed by atoms with Gasteiger partial charge in [0.05, 0.1) is 0 Å². The van der Waals surface area contributed by atoms with Crippen LogP contribution in [0.15, 0.2) is 182 Å². The first-order valence-corrected chi connectivity index (χ1v) is 21.4. The van der Waals surface area contributed by atoms with E-state index in [0.29, 0.717) is 25.0 Å². The van der Waals surface area contributed by atoms with Gasteiger partial charge in [0.1, 0.15) is 24.7 Å². The summed E-state index contributed by atoms with van der Waals surface area (Å²) in [5.41, 5.74) is 5.15. The zero-order valence-electron chi connectivity index (χ0n) is 29.7. The lowest BCUT2D eigenvalue weighted by molar-refractivity contribution is 0.290. The smallest absolute Gasteiger partial charge is 0.123 e. The van der Waals surface area contributed by atoms with Gasteiger partial charge in [0.15, 0.2) is 0 Å². The molecule has 7 aromatic carbocycles. The van der Waals surface area contributed by atoms with Gasteiger partial charge in [-0.15, -0.1) is 0 Å². The van der Waals surface area contributed by atoms with Crippen molar-refractivity contribution in [3.05, 3.63) is 204 Å². The van der Waals surface area contributed by atoms with Gasteiger partial charge in [-0.25, -0.2) is 0 Å². The van der Waals surface area contributed by atoms with Gasteiger partial charge in [0.2, 0.25) is 0 Å². The highest BCUT2D eigenvalue weighted by atomic mass is 31.1. The molecule has 0 N–H and O–H groups in total. The Bertz CT molecular complexity index is 2020. The number of benzene rings is 7. The van der Waals surface area contributed by atoms with Gasteiger partial charge in [-0.1, -0.05) is 170 Å². The summed E-state index contributed by atoms with van der Waals surface area (Å²) in [5, 5.41) is 8.16. The summed E-state index contributed by atoms with van der Waals surface area (Å²) in [4.78, 5) is 0. The highest BCUT2D eigenvalue weighted by Gasteiger charge is 2.41. The predicted molar refractivity (Wildman–Crippen MR) is 225 cm³/mol. The van der Waals surface area contributed by atoms with Crippen LogP contribution in [0.25, 0.3) is 0 Å². The van der Waals surface area contributed by atoms with E-state index in [4.69, 9.17) is 9.47 Å². The molecule has 2 unspecified atom stereocenters. The number of rotatable bonds is 12. The van der Waals surface area contributed by atoms with Gasteiger partial charge in [0.25, 0.3) is 0 Å². The molecule has 2 nitrogen and oxygen atoms in total. The maximum absolute atomic E-state index is 6.63. The summed E-state index contributed by atoms with van der Waals surface area (Å²) in [6, 6.07) is 66.0. The third kappa shape index (κ3) is 7.20. The Morgan fingerprint density at radius 2 is 0.660 bits per heavy atom. The fourth-order valence-electron chi connectivity index (χ4n) is 8.20. The second-order valence-electron chi connectivity index (χ2n) is 14.0. The largest absolute Gasteiger partial charge is 0.489 e. The van der Waals surface area contributed by atoms with E-state index in [1.165, 1.54) is 73.3 Å². The van der Waals surface area contributed by atoms with Crippen LogP contribution < -0.4 is 41.3 Å². The Balaban J connectivity index is 0.902. The van der Waals surface area contributed by atoms with Crippen LogP contribution >= 0.6 is 15.8 Å². The molecule has 2 aliphatic carbocycles. The minimum absolute atomic E-state index is 0.555. The molecule has 1 saturated carbocycles. The van der Waals surface area contributed by atoms with Crippen LogP contribution in [0.4, 0.5) is 0 Å². The maximum Gasteiger partial charge on any atom is 0.123 e. The van der Waals surface area contributed by atoms with Crippen LogP contribution in [0.1, 0.15) is 53.4 Å². The molecule has 9 rings (SSSR count). The summed E-state index contributed by atoms with van der Waals surface area (Å²) < 4.78 is 13.3. The third-order valence-corrected chi connectivity index (χ3v) is 15.6. The molecule has 1 fully saturated rings. The number of fused-ring (bicyclic) bond motifs is 5. The number of hydrogen-bond donors (Lipinski definition) is 0. The van der Waals surface area contributed by atoms with E-state index < -0.39 is 15.8 Å². The summed E-state index contributed by atoms with van der Waals surface area (Å²) >= 11 is 0. The van der Waals surface area contributed by atoms with Crippen LogP contribution in [0, 0.1) is 0 Å². The van der Waals surface area contributed by atoms with E-state index in [0.717, 1.165) is 11.5 Å². The molecular formula is C49H42O2P2.